The van der Waals surface area contributed by atoms with Gasteiger partial charge in [0.15, 0.2) is 5.82 Å². The third-order valence-corrected chi connectivity index (χ3v) is 3.42. The summed E-state index contributed by atoms with van der Waals surface area (Å²) in [6, 6.07) is 6.22. The normalized spacial score (nSPS) is 11.0. The lowest BCUT2D eigenvalue weighted by Crippen LogP contribution is -2.20. The number of methoxy groups -OCH3 is 1. The quantitative estimate of drug-likeness (QED) is 0.756. The second kappa shape index (κ2) is 7.90. The Hall–Kier alpha value is -1.72. The van der Waals surface area contributed by atoms with Crippen molar-refractivity contribution in [3.63, 3.8) is 0 Å². The zero-order valence-electron chi connectivity index (χ0n) is 13.1. The first kappa shape index (κ1) is 15.7. The molecule has 0 bridgehead atoms. The molecule has 0 aromatic carbocycles. The molecule has 0 fully saturated rings. The Balaban J connectivity index is 2.24. The van der Waals surface area contributed by atoms with Crippen molar-refractivity contribution in [2.24, 2.45) is 0 Å². The molecular weight excluding hydrogens is 264 g/mol. The molecule has 0 saturated carbocycles. The fourth-order valence-corrected chi connectivity index (χ4v) is 2.24. The van der Waals surface area contributed by atoms with Gasteiger partial charge in [0.25, 0.3) is 0 Å². The van der Waals surface area contributed by atoms with Gasteiger partial charge in [-0.05, 0) is 25.0 Å². The van der Waals surface area contributed by atoms with Gasteiger partial charge in [0.2, 0.25) is 0 Å². The van der Waals surface area contributed by atoms with E-state index in [-0.39, 0.29) is 0 Å². The number of hydrogen-bond donors (Lipinski definition) is 1. The minimum Gasteiger partial charge on any atom is -0.383 e. The van der Waals surface area contributed by atoms with E-state index >= 15 is 0 Å². The van der Waals surface area contributed by atoms with E-state index in [4.69, 9.17) is 4.74 Å². The summed E-state index contributed by atoms with van der Waals surface area (Å²) in [5, 5.41) is 8.04. The maximum atomic E-state index is 5.05. The van der Waals surface area contributed by atoms with Gasteiger partial charge in [0, 0.05) is 37.7 Å². The molecule has 0 aliphatic heterocycles. The van der Waals surface area contributed by atoms with E-state index < -0.39 is 0 Å². The van der Waals surface area contributed by atoms with Crippen molar-refractivity contribution in [2.45, 2.75) is 33.2 Å². The molecule has 0 atom stereocenters. The average molecular weight is 288 g/mol. The predicted molar refractivity (Wildman–Crippen MR) is 83.7 cm³/mol. The molecule has 1 N–H and O–H groups in total. The van der Waals surface area contributed by atoms with Crippen molar-refractivity contribution in [1.29, 1.82) is 0 Å². The molecule has 2 heterocycles. The van der Waals surface area contributed by atoms with Crippen LogP contribution in [-0.2, 0) is 24.1 Å². The Morgan fingerprint density at radius 3 is 2.86 bits per heavy atom. The lowest BCUT2D eigenvalue weighted by Gasteiger charge is -2.11. The highest BCUT2D eigenvalue weighted by Gasteiger charge is 2.12. The zero-order chi connectivity index (χ0) is 15.1. The second-order valence-corrected chi connectivity index (χ2v) is 4.90. The average Bonchev–Trinajstić information content (AvgIpc) is 2.95. The summed E-state index contributed by atoms with van der Waals surface area (Å²) in [5.41, 5.74) is 3.45. The summed E-state index contributed by atoms with van der Waals surface area (Å²) in [6.45, 7) is 6.56. The highest BCUT2D eigenvalue weighted by molar-refractivity contribution is 5.35. The lowest BCUT2D eigenvalue weighted by molar-refractivity contribution is 0.199. The molecule has 5 heteroatoms. The SMILES string of the molecule is CCc1cc(CC)n(-c2ncccc2CNCCOC)n1. The summed E-state index contributed by atoms with van der Waals surface area (Å²) < 4.78 is 7.03. The molecule has 0 spiro atoms. The van der Waals surface area contributed by atoms with Gasteiger partial charge in [0.1, 0.15) is 0 Å². The van der Waals surface area contributed by atoms with Crippen LogP contribution in [0, 0.1) is 0 Å². The van der Waals surface area contributed by atoms with Crippen LogP contribution in [0.15, 0.2) is 24.4 Å². The number of nitrogens with one attached hydrogen (secondary N) is 1. The number of hydrogen-bond acceptors (Lipinski definition) is 4. The summed E-state index contributed by atoms with van der Waals surface area (Å²) in [7, 11) is 1.71. The summed E-state index contributed by atoms with van der Waals surface area (Å²) >= 11 is 0. The van der Waals surface area contributed by atoms with E-state index in [0.717, 1.165) is 43.0 Å². The Morgan fingerprint density at radius 2 is 2.14 bits per heavy atom. The molecule has 2 rings (SSSR count). The van der Waals surface area contributed by atoms with Crippen molar-refractivity contribution in [1.82, 2.24) is 20.1 Å². The van der Waals surface area contributed by atoms with Crippen LogP contribution in [0.2, 0.25) is 0 Å². The minimum atomic E-state index is 0.706. The number of pyridine rings is 1. The van der Waals surface area contributed by atoms with E-state index in [1.165, 1.54) is 5.69 Å². The van der Waals surface area contributed by atoms with Crippen LogP contribution in [0.5, 0.6) is 0 Å². The Morgan fingerprint density at radius 1 is 1.29 bits per heavy atom. The van der Waals surface area contributed by atoms with E-state index in [1.807, 2.05) is 16.9 Å². The van der Waals surface area contributed by atoms with Crippen molar-refractivity contribution in [3.05, 3.63) is 41.3 Å². The molecule has 0 unspecified atom stereocenters. The fraction of sp³-hybridized carbons (Fsp3) is 0.500. The van der Waals surface area contributed by atoms with Crippen LogP contribution in [0.4, 0.5) is 0 Å². The van der Waals surface area contributed by atoms with Crippen LogP contribution >= 0.6 is 0 Å². The van der Waals surface area contributed by atoms with Gasteiger partial charge in [-0.1, -0.05) is 19.9 Å². The van der Waals surface area contributed by atoms with Crippen LogP contribution in [0.3, 0.4) is 0 Å². The first-order valence-corrected chi connectivity index (χ1v) is 7.51. The van der Waals surface area contributed by atoms with E-state index in [1.54, 1.807) is 7.11 Å². The molecule has 0 aliphatic rings. The zero-order valence-corrected chi connectivity index (χ0v) is 13.1. The van der Waals surface area contributed by atoms with Gasteiger partial charge in [0.05, 0.1) is 12.3 Å². The van der Waals surface area contributed by atoms with E-state index in [2.05, 4.69) is 41.4 Å². The van der Waals surface area contributed by atoms with E-state index in [0.29, 0.717) is 6.61 Å². The smallest absolute Gasteiger partial charge is 0.158 e. The van der Waals surface area contributed by atoms with Crippen LogP contribution in [0.25, 0.3) is 5.82 Å². The highest BCUT2D eigenvalue weighted by atomic mass is 16.5. The lowest BCUT2D eigenvalue weighted by atomic mass is 10.2. The molecule has 0 radical (unpaired) electrons. The van der Waals surface area contributed by atoms with Gasteiger partial charge in [-0.25, -0.2) is 9.67 Å². The van der Waals surface area contributed by atoms with Crippen LogP contribution in [-0.4, -0.2) is 35.0 Å². The maximum absolute atomic E-state index is 5.05. The number of rotatable bonds is 8. The molecule has 114 valence electrons. The monoisotopic (exact) mass is 288 g/mol. The molecule has 0 aliphatic carbocycles. The third-order valence-electron chi connectivity index (χ3n) is 3.42. The number of aromatic nitrogens is 3. The fourth-order valence-electron chi connectivity index (χ4n) is 2.24. The molecule has 0 saturated heterocycles. The molecule has 5 nitrogen and oxygen atoms in total. The Kier molecular flexibility index (Phi) is 5.90. The van der Waals surface area contributed by atoms with Crippen LogP contribution in [0.1, 0.15) is 30.8 Å². The first-order chi connectivity index (χ1) is 10.3. The highest BCUT2D eigenvalue weighted by Crippen LogP contribution is 2.16. The maximum Gasteiger partial charge on any atom is 0.158 e. The third kappa shape index (κ3) is 3.89. The van der Waals surface area contributed by atoms with Crippen LogP contribution < -0.4 is 5.32 Å². The van der Waals surface area contributed by atoms with Gasteiger partial charge >= 0.3 is 0 Å². The van der Waals surface area contributed by atoms with Gasteiger partial charge in [-0.2, -0.15) is 5.10 Å². The predicted octanol–water partition coefficient (Wildman–Crippen LogP) is 2.13. The minimum absolute atomic E-state index is 0.706. The first-order valence-electron chi connectivity index (χ1n) is 7.51. The summed E-state index contributed by atoms with van der Waals surface area (Å²) in [6.07, 6.45) is 3.70. The number of ether oxygens (including phenoxy) is 1. The molecule has 2 aromatic heterocycles. The number of nitrogens with zero attached hydrogens (tertiary/aromatic N) is 3. The second-order valence-electron chi connectivity index (χ2n) is 4.90. The topological polar surface area (TPSA) is 52.0 Å². The van der Waals surface area contributed by atoms with E-state index in [9.17, 15) is 0 Å². The van der Waals surface area contributed by atoms with Crippen molar-refractivity contribution < 1.29 is 4.74 Å². The van der Waals surface area contributed by atoms with Gasteiger partial charge < -0.3 is 10.1 Å². The Bertz CT molecular complexity index is 565. The van der Waals surface area contributed by atoms with Gasteiger partial charge in [-0.15, -0.1) is 0 Å². The molecular formula is C16H24N4O. The van der Waals surface area contributed by atoms with Crippen molar-refractivity contribution in [2.75, 3.05) is 20.3 Å². The summed E-state index contributed by atoms with van der Waals surface area (Å²) in [4.78, 5) is 4.53. The van der Waals surface area contributed by atoms with Crippen molar-refractivity contribution >= 4 is 0 Å². The molecule has 0 amide bonds. The largest absolute Gasteiger partial charge is 0.383 e. The number of aryl methyl sites for hydroxylation is 2. The van der Waals surface area contributed by atoms with Crippen molar-refractivity contribution in [3.8, 4) is 5.82 Å². The molecule has 2 aromatic rings. The Labute approximate surface area is 126 Å². The summed E-state index contributed by atoms with van der Waals surface area (Å²) in [5.74, 6) is 0.916. The standard InChI is InChI=1S/C16H24N4O/c1-4-14-11-15(5-2)20(19-14)16-13(7-6-8-18-16)12-17-9-10-21-3/h6-8,11,17H,4-5,9-10,12H2,1-3H3. The van der Waals surface area contributed by atoms with Gasteiger partial charge in [-0.3, -0.25) is 0 Å². The molecule has 21 heavy (non-hydrogen) atoms.